The molecule has 30 heavy (non-hydrogen) atoms. The molecule has 0 aromatic heterocycles. The zero-order valence-corrected chi connectivity index (χ0v) is 18.7. The average Bonchev–Trinajstić information content (AvgIpc) is 2.72. The minimum atomic E-state index is -0.191. The van der Waals surface area contributed by atoms with Crippen molar-refractivity contribution in [1.29, 1.82) is 0 Å². The van der Waals surface area contributed by atoms with Gasteiger partial charge < -0.3 is 20.0 Å². The maximum absolute atomic E-state index is 12.8. The molecular weight excluding hydrogens is 400 g/mol. The van der Waals surface area contributed by atoms with Crippen LogP contribution in [0.4, 0.5) is 4.79 Å². The monoisotopic (exact) mass is 430 g/mol. The minimum Gasteiger partial charge on any atom is -0.337 e. The van der Waals surface area contributed by atoms with Crippen LogP contribution in [0, 0.1) is 0 Å². The lowest BCUT2D eigenvalue weighted by molar-refractivity contribution is -0.131. The first-order valence-corrected chi connectivity index (χ1v) is 10.4. The lowest BCUT2D eigenvalue weighted by atomic mass is 10.2. The first-order chi connectivity index (χ1) is 14.3. The van der Waals surface area contributed by atoms with Crippen LogP contribution in [0.25, 0.3) is 0 Å². The van der Waals surface area contributed by atoms with Crippen molar-refractivity contribution < 1.29 is 9.59 Å². The summed E-state index contributed by atoms with van der Waals surface area (Å²) < 4.78 is 0. The summed E-state index contributed by atoms with van der Waals surface area (Å²) in [6.07, 6.45) is 0.256. The highest BCUT2D eigenvalue weighted by Gasteiger charge is 2.15. The van der Waals surface area contributed by atoms with Crippen molar-refractivity contribution in [2.75, 3.05) is 40.8 Å². The van der Waals surface area contributed by atoms with Crippen LogP contribution in [-0.2, 0) is 17.9 Å². The standard InChI is InChI=1S/C23H31ClN4O2/c1-26(2)15-16-28(18-20-9-11-21(24)12-10-20)22(29)13-14-25-23(30)27(3)17-19-7-5-4-6-8-19/h4-12H,13-18H2,1-3H3,(H,25,30). The minimum absolute atomic E-state index is 0.0119. The summed E-state index contributed by atoms with van der Waals surface area (Å²) in [4.78, 5) is 30.6. The highest BCUT2D eigenvalue weighted by Crippen LogP contribution is 2.12. The first-order valence-electron chi connectivity index (χ1n) is 10.0. The van der Waals surface area contributed by atoms with Crippen molar-refractivity contribution in [3.05, 3.63) is 70.7 Å². The third-order valence-corrected chi connectivity index (χ3v) is 4.93. The van der Waals surface area contributed by atoms with Gasteiger partial charge in [0, 0.05) is 51.2 Å². The molecule has 162 valence electrons. The fourth-order valence-corrected chi connectivity index (χ4v) is 3.05. The normalized spacial score (nSPS) is 10.7. The smallest absolute Gasteiger partial charge is 0.317 e. The highest BCUT2D eigenvalue weighted by molar-refractivity contribution is 6.30. The summed E-state index contributed by atoms with van der Waals surface area (Å²) >= 11 is 5.96. The van der Waals surface area contributed by atoms with Crippen LogP contribution in [0.2, 0.25) is 5.02 Å². The molecule has 0 saturated carbocycles. The Hall–Kier alpha value is -2.57. The van der Waals surface area contributed by atoms with E-state index in [0.717, 1.165) is 17.7 Å². The van der Waals surface area contributed by atoms with Crippen LogP contribution in [0.3, 0.4) is 0 Å². The second kappa shape index (κ2) is 12.2. The molecule has 0 fully saturated rings. The number of rotatable bonds is 10. The molecule has 0 aliphatic carbocycles. The lowest BCUT2D eigenvalue weighted by Crippen LogP contribution is -2.40. The van der Waals surface area contributed by atoms with Gasteiger partial charge in [-0.05, 0) is 37.4 Å². The van der Waals surface area contributed by atoms with Gasteiger partial charge in [0.15, 0.2) is 0 Å². The molecule has 3 amide bonds. The number of halogens is 1. The number of amides is 3. The Bertz CT molecular complexity index is 797. The number of carbonyl (C=O) groups excluding carboxylic acids is 2. The van der Waals surface area contributed by atoms with Crippen LogP contribution in [0.5, 0.6) is 0 Å². The van der Waals surface area contributed by atoms with Crippen LogP contribution in [-0.4, -0.2) is 67.4 Å². The fourth-order valence-electron chi connectivity index (χ4n) is 2.92. The predicted octanol–water partition coefficient (Wildman–Crippen LogP) is 3.46. The van der Waals surface area contributed by atoms with E-state index in [2.05, 4.69) is 5.32 Å². The molecular formula is C23H31ClN4O2. The van der Waals surface area contributed by atoms with Crippen molar-refractivity contribution in [3.8, 4) is 0 Å². The van der Waals surface area contributed by atoms with E-state index >= 15 is 0 Å². The molecule has 6 nitrogen and oxygen atoms in total. The molecule has 1 N–H and O–H groups in total. The van der Waals surface area contributed by atoms with Crippen molar-refractivity contribution in [1.82, 2.24) is 20.0 Å². The Morgan fingerprint density at radius 1 is 0.867 bits per heavy atom. The van der Waals surface area contributed by atoms with Gasteiger partial charge in [-0.25, -0.2) is 4.79 Å². The van der Waals surface area contributed by atoms with E-state index in [-0.39, 0.29) is 18.4 Å². The Morgan fingerprint density at radius 3 is 2.13 bits per heavy atom. The molecule has 0 radical (unpaired) electrons. The van der Waals surface area contributed by atoms with Gasteiger partial charge in [-0.3, -0.25) is 4.79 Å². The molecule has 0 bridgehead atoms. The molecule has 0 aliphatic heterocycles. The summed E-state index contributed by atoms with van der Waals surface area (Å²) in [6, 6.07) is 17.1. The molecule has 7 heteroatoms. The fraction of sp³-hybridized carbons (Fsp3) is 0.391. The Kier molecular flexibility index (Phi) is 9.64. The second-order valence-corrected chi connectivity index (χ2v) is 8.01. The van der Waals surface area contributed by atoms with Gasteiger partial charge in [0.25, 0.3) is 0 Å². The van der Waals surface area contributed by atoms with Gasteiger partial charge in [0.1, 0.15) is 0 Å². The van der Waals surface area contributed by atoms with E-state index < -0.39 is 0 Å². The first kappa shape index (κ1) is 23.7. The van der Waals surface area contributed by atoms with E-state index in [0.29, 0.717) is 31.2 Å². The molecule has 0 heterocycles. The zero-order chi connectivity index (χ0) is 21.9. The molecule has 0 saturated heterocycles. The van der Waals surface area contributed by atoms with E-state index in [4.69, 9.17) is 11.6 Å². The lowest BCUT2D eigenvalue weighted by Gasteiger charge is -2.25. The molecule has 0 unspecified atom stereocenters. The SMILES string of the molecule is CN(C)CCN(Cc1ccc(Cl)cc1)C(=O)CCNC(=O)N(C)Cc1ccccc1. The third kappa shape index (κ3) is 8.43. The van der Waals surface area contributed by atoms with Crippen LogP contribution in [0.1, 0.15) is 17.5 Å². The van der Waals surface area contributed by atoms with E-state index in [1.807, 2.05) is 78.5 Å². The topological polar surface area (TPSA) is 55.9 Å². The molecule has 2 rings (SSSR count). The zero-order valence-electron chi connectivity index (χ0n) is 18.0. The van der Waals surface area contributed by atoms with Crippen molar-refractivity contribution in [2.24, 2.45) is 0 Å². The maximum atomic E-state index is 12.8. The molecule has 0 aliphatic rings. The number of nitrogens with one attached hydrogen (secondary N) is 1. The molecule has 2 aromatic rings. The number of hydrogen-bond donors (Lipinski definition) is 1. The van der Waals surface area contributed by atoms with Crippen molar-refractivity contribution in [3.63, 3.8) is 0 Å². The second-order valence-electron chi connectivity index (χ2n) is 7.57. The van der Waals surface area contributed by atoms with Crippen molar-refractivity contribution in [2.45, 2.75) is 19.5 Å². The Morgan fingerprint density at radius 2 is 1.50 bits per heavy atom. The van der Waals surface area contributed by atoms with Crippen LogP contribution >= 0.6 is 11.6 Å². The van der Waals surface area contributed by atoms with E-state index in [9.17, 15) is 9.59 Å². The van der Waals surface area contributed by atoms with Gasteiger partial charge in [0.05, 0.1) is 0 Å². The van der Waals surface area contributed by atoms with E-state index in [1.165, 1.54) is 0 Å². The Balaban J connectivity index is 1.84. The van der Waals surface area contributed by atoms with Gasteiger partial charge >= 0.3 is 6.03 Å². The Labute approximate surface area is 184 Å². The maximum Gasteiger partial charge on any atom is 0.317 e. The van der Waals surface area contributed by atoms with Gasteiger partial charge in [0.2, 0.25) is 5.91 Å². The van der Waals surface area contributed by atoms with Crippen molar-refractivity contribution >= 4 is 23.5 Å². The average molecular weight is 431 g/mol. The van der Waals surface area contributed by atoms with E-state index in [1.54, 1.807) is 11.9 Å². The summed E-state index contributed by atoms with van der Waals surface area (Å²) in [5.41, 5.74) is 2.09. The molecule has 0 atom stereocenters. The summed E-state index contributed by atoms with van der Waals surface area (Å²) in [6.45, 7) is 2.73. The highest BCUT2D eigenvalue weighted by atomic mass is 35.5. The number of likely N-dealkylation sites (N-methyl/N-ethyl adjacent to an activating group) is 1. The largest absolute Gasteiger partial charge is 0.337 e. The molecule has 0 spiro atoms. The summed E-state index contributed by atoms with van der Waals surface area (Å²) in [5.74, 6) is 0.0119. The number of nitrogens with zero attached hydrogens (tertiary/aromatic N) is 3. The van der Waals surface area contributed by atoms with Gasteiger partial charge in [-0.15, -0.1) is 0 Å². The molecule has 2 aromatic carbocycles. The third-order valence-electron chi connectivity index (χ3n) is 4.68. The number of carbonyl (C=O) groups is 2. The van der Waals surface area contributed by atoms with Crippen LogP contribution < -0.4 is 5.32 Å². The predicted molar refractivity (Wildman–Crippen MR) is 121 cm³/mol. The number of urea groups is 1. The van der Waals surface area contributed by atoms with Gasteiger partial charge in [-0.2, -0.15) is 0 Å². The summed E-state index contributed by atoms with van der Waals surface area (Å²) in [5, 5.41) is 3.51. The van der Waals surface area contributed by atoms with Gasteiger partial charge in [-0.1, -0.05) is 54.1 Å². The summed E-state index contributed by atoms with van der Waals surface area (Å²) in [7, 11) is 5.70. The number of benzene rings is 2. The van der Waals surface area contributed by atoms with Crippen LogP contribution in [0.15, 0.2) is 54.6 Å². The number of hydrogen-bond acceptors (Lipinski definition) is 3. The quantitative estimate of drug-likeness (QED) is 0.628.